The molecule has 1 atom stereocenters. The van der Waals surface area contributed by atoms with E-state index in [0.29, 0.717) is 0 Å². The Morgan fingerprint density at radius 1 is 1.23 bits per heavy atom. The molecule has 2 aliphatic heterocycles. The molecule has 1 unspecified atom stereocenters. The number of aromatic nitrogens is 3. The van der Waals surface area contributed by atoms with Gasteiger partial charge in [0.1, 0.15) is 11.6 Å². The summed E-state index contributed by atoms with van der Waals surface area (Å²) in [5.74, 6) is 2.29. The van der Waals surface area contributed by atoms with Crippen molar-refractivity contribution >= 4 is 11.8 Å². The SMILES string of the molecule is CCOC(C)(C)C1C=C(c2ccc3c(c2)CCc2nnc(C)n2-3)C=NC1. The summed E-state index contributed by atoms with van der Waals surface area (Å²) in [5, 5.41) is 8.52. The molecule has 0 aliphatic carbocycles. The van der Waals surface area contributed by atoms with Crippen molar-refractivity contribution < 1.29 is 4.74 Å². The lowest BCUT2D eigenvalue weighted by molar-refractivity contribution is -0.0380. The molecule has 136 valence electrons. The number of rotatable bonds is 4. The standard InChI is InChI=1S/C21H26N4O/c1-5-26-21(3,4)18-11-17(12-22-13-18)15-6-8-19-16(10-15)7-9-20-24-23-14(2)25(19)20/h6,8,10-12,18H,5,7,9,13H2,1-4H3. The van der Waals surface area contributed by atoms with E-state index in [-0.39, 0.29) is 11.5 Å². The molecule has 5 heteroatoms. The molecule has 0 radical (unpaired) electrons. The van der Waals surface area contributed by atoms with E-state index in [0.717, 1.165) is 37.6 Å². The Balaban J connectivity index is 1.68. The molecule has 0 spiro atoms. The second kappa shape index (κ2) is 6.47. The summed E-state index contributed by atoms with van der Waals surface area (Å²) >= 11 is 0. The Morgan fingerprint density at radius 2 is 2.08 bits per heavy atom. The predicted molar refractivity (Wildman–Crippen MR) is 104 cm³/mol. The molecular weight excluding hydrogens is 324 g/mol. The van der Waals surface area contributed by atoms with E-state index in [9.17, 15) is 0 Å². The molecule has 1 aromatic carbocycles. The number of allylic oxidation sites excluding steroid dienone is 1. The first-order chi connectivity index (χ1) is 12.5. The van der Waals surface area contributed by atoms with Gasteiger partial charge in [-0.05, 0) is 62.9 Å². The molecule has 0 saturated heterocycles. The Morgan fingerprint density at radius 3 is 2.88 bits per heavy atom. The maximum Gasteiger partial charge on any atom is 0.137 e. The molecule has 0 amide bonds. The third kappa shape index (κ3) is 2.90. The largest absolute Gasteiger partial charge is 0.375 e. The maximum atomic E-state index is 5.95. The van der Waals surface area contributed by atoms with Gasteiger partial charge in [-0.25, -0.2) is 0 Å². The Kier molecular flexibility index (Phi) is 4.27. The quantitative estimate of drug-likeness (QED) is 0.847. The van der Waals surface area contributed by atoms with Crippen LogP contribution in [0.2, 0.25) is 0 Å². The van der Waals surface area contributed by atoms with E-state index in [2.05, 4.69) is 57.9 Å². The summed E-state index contributed by atoms with van der Waals surface area (Å²) in [7, 11) is 0. The number of dihydropyridines is 1. The van der Waals surface area contributed by atoms with Crippen LogP contribution in [-0.4, -0.2) is 39.7 Å². The highest BCUT2D eigenvalue weighted by Crippen LogP contribution is 2.32. The summed E-state index contributed by atoms with van der Waals surface area (Å²) < 4.78 is 8.12. The number of hydrogen-bond donors (Lipinski definition) is 0. The molecule has 26 heavy (non-hydrogen) atoms. The van der Waals surface area contributed by atoms with Gasteiger partial charge >= 0.3 is 0 Å². The molecule has 2 aliphatic rings. The number of benzene rings is 1. The second-order valence-corrected chi connectivity index (χ2v) is 7.60. The molecular formula is C21H26N4O. The average molecular weight is 350 g/mol. The van der Waals surface area contributed by atoms with E-state index in [1.807, 2.05) is 20.1 Å². The van der Waals surface area contributed by atoms with Crippen molar-refractivity contribution in [3.05, 3.63) is 47.1 Å². The minimum Gasteiger partial charge on any atom is -0.375 e. The second-order valence-electron chi connectivity index (χ2n) is 7.60. The molecule has 2 aromatic rings. The molecule has 4 rings (SSSR count). The van der Waals surface area contributed by atoms with Crippen LogP contribution in [0.1, 0.15) is 43.5 Å². The van der Waals surface area contributed by atoms with Crippen LogP contribution in [0.4, 0.5) is 0 Å². The van der Waals surface area contributed by atoms with Gasteiger partial charge in [-0.3, -0.25) is 9.56 Å². The van der Waals surface area contributed by atoms with Crippen LogP contribution in [0.15, 0.2) is 29.3 Å². The fourth-order valence-electron chi connectivity index (χ4n) is 3.96. The first-order valence-electron chi connectivity index (χ1n) is 9.40. The van der Waals surface area contributed by atoms with Crippen LogP contribution in [0.25, 0.3) is 11.3 Å². The van der Waals surface area contributed by atoms with Crippen molar-refractivity contribution in [3.8, 4) is 5.69 Å². The number of fused-ring (bicyclic) bond motifs is 3. The fraction of sp³-hybridized carbons (Fsp3) is 0.476. The number of ether oxygens (including phenoxy) is 1. The molecule has 0 fully saturated rings. The highest BCUT2D eigenvalue weighted by Gasteiger charge is 2.30. The Bertz CT molecular complexity index is 891. The van der Waals surface area contributed by atoms with Crippen molar-refractivity contribution in [3.63, 3.8) is 0 Å². The molecule has 5 nitrogen and oxygen atoms in total. The van der Waals surface area contributed by atoms with E-state index < -0.39 is 0 Å². The van der Waals surface area contributed by atoms with Gasteiger partial charge in [0.2, 0.25) is 0 Å². The minimum atomic E-state index is -0.208. The summed E-state index contributed by atoms with van der Waals surface area (Å²) in [6.07, 6.45) is 6.26. The topological polar surface area (TPSA) is 52.3 Å². The van der Waals surface area contributed by atoms with Gasteiger partial charge in [0.15, 0.2) is 0 Å². The van der Waals surface area contributed by atoms with Crippen LogP contribution in [0, 0.1) is 12.8 Å². The first kappa shape index (κ1) is 17.2. The highest BCUT2D eigenvalue weighted by molar-refractivity contribution is 6.10. The third-order valence-corrected chi connectivity index (χ3v) is 5.49. The van der Waals surface area contributed by atoms with Gasteiger partial charge in [-0.2, -0.15) is 0 Å². The van der Waals surface area contributed by atoms with Crippen LogP contribution in [0.3, 0.4) is 0 Å². The van der Waals surface area contributed by atoms with E-state index >= 15 is 0 Å². The lowest BCUT2D eigenvalue weighted by atomic mass is 9.85. The van der Waals surface area contributed by atoms with Crippen LogP contribution in [-0.2, 0) is 17.6 Å². The van der Waals surface area contributed by atoms with Crippen molar-refractivity contribution in [2.75, 3.05) is 13.2 Å². The zero-order valence-corrected chi connectivity index (χ0v) is 16.0. The van der Waals surface area contributed by atoms with E-state index in [1.165, 1.54) is 22.4 Å². The Labute approximate surface area is 154 Å². The number of aliphatic imine (C=N–C) groups is 1. The van der Waals surface area contributed by atoms with Crippen molar-refractivity contribution in [1.82, 2.24) is 14.8 Å². The first-order valence-corrected chi connectivity index (χ1v) is 9.40. The van der Waals surface area contributed by atoms with Gasteiger partial charge in [0.05, 0.1) is 11.3 Å². The highest BCUT2D eigenvalue weighted by atomic mass is 16.5. The molecule has 1 aromatic heterocycles. The number of aryl methyl sites for hydroxylation is 3. The van der Waals surface area contributed by atoms with E-state index in [4.69, 9.17) is 4.74 Å². The molecule has 0 saturated carbocycles. The molecule has 3 heterocycles. The zero-order valence-electron chi connectivity index (χ0n) is 16.0. The smallest absolute Gasteiger partial charge is 0.137 e. The fourth-order valence-corrected chi connectivity index (χ4v) is 3.96. The summed E-state index contributed by atoms with van der Waals surface area (Å²) in [6, 6.07) is 6.67. The number of nitrogens with zero attached hydrogens (tertiary/aromatic N) is 4. The lowest BCUT2D eigenvalue weighted by Gasteiger charge is -2.33. The van der Waals surface area contributed by atoms with Crippen LogP contribution in [0.5, 0.6) is 0 Å². The summed E-state index contributed by atoms with van der Waals surface area (Å²) in [4.78, 5) is 4.62. The van der Waals surface area contributed by atoms with Gasteiger partial charge in [0.25, 0.3) is 0 Å². The van der Waals surface area contributed by atoms with Crippen LogP contribution >= 0.6 is 0 Å². The maximum absolute atomic E-state index is 5.95. The summed E-state index contributed by atoms with van der Waals surface area (Å²) in [6.45, 7) is 9.86. The normalized spacial score (nSPS) is 19.1. The van der Waals surface area contributed by atoms with Crippen molar-refractivity contribution in [2.45, 2.75) is 46.1 Å². The Hall–Kier alpha value is -2.27. The van der Waals surface area contributed by atoms with Crippen molar-refractivity contribution in [1.29, 1.82) is 0 Å². The average Bonchev–Trinajstić information content (AvgIpc) is 3.03. The lowest BCUT2D eigenvalue weighted by Crippen LogP contribution is -2.36. The van der Waals surface area contributed by atoms with Gasteiger partial charge in [0, 0.05) is 31.7 Å². The van der Waals surface area contributed by atoms with Gasteiger partial charge in [-0.15, -0.1) is 10.2 Å². The predicted octanol–water partition coefficient (Wildman–Crippen LogP) is 3.57. The zero-order chi connectivity index (χ0) is 18.3. The van der Waals surface area contributed by atoms with Crippen LogP contribution < -0.4 is 0 Å². The number of hydrogen-bond acceptors (Lipinski definition) is 4. The van der Waals surface area contributed by atoms with E-state index in [1.54, 1.807) is 0 Å². The minimum absolute atomic E-state index is 0.208. The molecule has 0 bridgehead atoms. The summed E-state index contributed by atoms with van der Waals surface area (Å²) in [5.41, 5.74) is 4.75. The van der Waals surface area contributed by atoms with Gasteiger partial charge in [-0.1, -0.05) is 12.1 Å². The van der Waals surface area contributed by atoms with Gasteiger partial charge < -0.3 is 4.74 Å². The molecule has 0 N–H and O–H groups in total. The third-order valence-electron chi connectivity index (χ3n) is 5.49. The van der Waals surface area contributed by atoms with Crippen molar-refractivity contribution in [2.24, 2.45) is 10.9 Å². The monoisotopic (exact) mass is 350 g/mol.